The number of benzene rings is 2. The number of hydrogen-bond acceptors (Lipinski definition) is 1. The van der Waals surface area contributed by atoms with Gasteiger partial charge in [0.25, 0.3) is 0 Å². The van der Waals surface area contributed by atoms with Gasteiger partial charge in [-0.1, -0.05) is 55.5 Å². The first-order chi connectivity index (χ1) is 12.7. The standard InChI is InChI=1S/C24H31N2/c1-2-20-7-3-4-8-21(20)15-25-13-11-24(18-25)12-14-26(19-24)16-22-9-5-6-10-23(22)17-26/h3-10H,2,11-19H2,1H3/q+1/t24-/m0/s1. The SMILES string of the molecule is CCc1ccccc1CN1CC[C@]2(CC[N+]3(Cc4ccccc4C3)C2)C1. The minimum Gasteiger partial charge on any atom is -0.316 e. The summed E-state index contributed by atoms with van der Waals surface area (Å²) in [5, 5.41) is 0. The molecule has 3 heterocycles. The molecule has 0 amide bonds. The van der Waals surface area contributed by atoms with E-state index in [1.807, 2.05) is 0 Å². The number of rotatable bonds is 3. The second kappa shape index (κ2) is 6.21. The molecule has 2 spiro atoms. The summed E-state index contributed by atoms with van der Waals surface area (Å²) in [6.07, 6.45) is 3.97. The molecule has 26 heavy (non-hydrogen) atoms. The van der Waals surface area contributed by atoms with E-state index in [0.29, 0.717) is 5.41 Å². The van der Waals surface area contributed by atoms with Crippen LogP contribution in [0, 0.1) is 5.41 Å². The van der Waals surface area contributed by atoms with E-state index in [4.69, 9.17) is 0 Å². The van der Waals surface area contributed by atoms with Crippen LogP contribution in [0.25, 0.3) is 0 Å². The predicted molar refractivity (Wildman–Crippen MR) is 107 cm³/mol. The fraction of sp³-hybridized carbons (Fsp3) is 0.500. The van der Waals surface area contributed by atoms with Gasteiger partial charge in [-0.2, -0.15) is 0 Å². The molecule has 1 atom stereocenters. The zero-order chi connectivity index (χ0) is 17.6. The van der Waals surface area contributed by atoms with Crippen LogP contribution in [0.2, 0.25) is 0 Å². The van der Waals surface area contributed by atoms with Crippen LogP contribution < -0.4 is 0 Å². The molecule has 0 N–H and O–H groups in total. The number of fused-ring (bicyclic) bond motifs is 1. The highest BCUT2D eigenvalue weighted by Gasteiger charge is 2.53. The van der Waals surface area contributed by atoms with Gasteiger partial charge in [0.1, 0.15) is 13.1 Å². The van der Waals surface area contributed by atoms with E-state index in [1.54, 1.807) is 16.7 Å². The van der Waals surface area contributed by atoms with E-state index < -0.39 is 0 Å². The molecule has 0 aliphatic carbocycles. The van der Waals surface area contributed by atoms with E-state index >= 15 is 0 Å². The quantitative estimate of drug-likeness (QED) is 0.745. The van der Waals surface area contributed by atoms with Crippen LogP contribution in [0.5, 0.6) is 0 Å². The lowest BCUT2D eigenvalue weighted by Gasteiger charge is -2.31. The third kappa shape index (κ3) is 2.80. The van der Waals surface area contributed by atoms with E-state index in [1.165, 1.54) is 62.2 Å². The third-order valence-electron chi connectivity index (χ3n) is 7.33. The maximum absolute atomic E-state index is 2.74. The van der Waals surface area contributed by atoms with Gasteiger partial charge in [0.15, 0.2) is 0 Å². The summed E-state index contributed by atoms with van der Waals surface area (Å²) in [6, 6.07) is 18.2. The zero-order valence-corrected chi connectivity index (χ0v) is 16.1. The predicted octanol–water partition coefficient (Wildman–Crippen LogP) is 4.38. The van der Waals surface area contributed by atoms with Crippen molar-refractivity contribution in [1.82, 2.24) is 4.90 Å². The molecule has 0 bridgehead atoms. The molecule has 136 valence electrons. The Bertz CT molecular complexity index is 786. The van der Waals surface area contributed by atoms with Crippen LogP contribution in [0.4, 0.5) is 0 Å². The van der Waals surface area contributed by atoms with Gasteiger partial charge in [0.05, 0.1) is 13.1 Å². The molecule has 2 heteroatoms. The Hall–Kier alpha value is -1.64. The Balaban J connectivity index is 1.28. The Kier molecular flexibility index (Phi) is 3.95. The minimum absolute atomic E-state index is 0.573. The van der Waals surface area contributed by atoms with Crippen LogP contribution >= 0.6 is 0 Å². The molecule has 0 aromatic heterocycles. The maximum atomic E-state index is 2.74. The van der Waals surface area contributed by atoms with Gasteiger partial charge in [-0.05, 0) is 30.5 Å². The fourth-order valence-corrected chi connectivity index (χ4v) is 6.05. The highest BCUT2D eigenvalue weighted by atomic mass is 15.4. The Morgan fingerprint density at radius 1 is 0.923 bits per heavy atom. The Morgan fingerprint density at radius 3 is 2.35 bits per heavy atom. The Labute approximate surface area is 158 Å². The van der Waals surface area contributed by atoms with Crippen molar-refractivity contribution in [2.45, 2.75) is 45.8 Å². The van der Waals surface area contributed by atoms with Gasteiger partial charge in [-0.15, -0.1) is 0 Å². The molecule has 3 aliphatic rings. The van der Waals surface area contributed by atoms with Gasteiger partial charge in [0, 0.05) is 36.1 Å². The molecule has 2 saturated heterocycles. The maximum Gasteiger partial charge on any atom is 0.105 e. The first-order valence-corrected chi connectivity index (χ1v) is 10.4. The highest BCUT2D eigenvalue weighted by Crippen LogP contribution is 2.47. The lowest BCUT2D eigenvalue weighted by molar-refractivity contribution is -0.938. The van der Waals surface area contributed by atoms with Crippen LogP contribution in [0.15, 0.2) is 48.5 Å². The van der Waals surface area contributed by atoms with Crippen molar-refractivity contribution in [3.63, 3.8) is 0 Å². The topological polar surface area (TPSA) is 3.24 Å². The first kappa shape index (κ1) is 16.5. The lowest BCUT2D eigenvalue weighted by atomic mass is 9.86. The summed E-state index contributed by atoms with van der Waals surface area (Å²) >= 11 is 0. The monoisotopic (exact) mass is 347 g/mol. The molecule has 0 saturated carbocycles. The van der Waals surface area contributed by atoms with Gasteiger partial charge < -0.3 is 4.48 Å². The summed E-state index contributed by atoms with van der Waals surface area (Å²) in [6.45, 7) is 11.3. The molecule has 5 rings (SSSR count). The molecular weight excluding hydrogens is 316 g/mol. The highest BCUT2D eigenvalue weighted by molar-refractivity contribution is 5.29. The second-order valence-electron chi connectivity index (χ2n) is 9.14. The molecule has 2 aromatic carbocycles. The molecular formula is C24H31N2+. The molecule has 0 unspecified atom stereocenters. The normalized spacial score (nSPS) is 26.8. The smallest absolute Gasteiger partial charge is 0.105 e. The molecule has 2 nitrogen and oxygen atoms in total. The van der Waals surface area contributed by atoms with Crippen LogP contribution in [-0.2, 0) is 26.1 Å². The van der Waals surface area contributed by atoms with E-state index in [9.17, 15) is 0 Å². The number of quaternary nitrogens is 1. The second-order valence-corrected chi connectivity index (χ2v) is 9.14. The van der Waals surface area contributed by atoms with E-state index in [-0.39, 0.29) is 0 Å². The van der Waals surface area contributed by atoms with Gasteiger partial charge in [0.2, 0.25) is 0 Å². The lowest BCUT2D eigenvalue weighted by Crippen LogP contribution is -2.42. The third-order valence-corrected chi connectivity index (χ3v) is 7.33. The Morgan fingerprint density at radius 2 is 1.62 bits per heavy atom. The van der Waals surface area contributed by atoms with Gasteiger partial charge in [-0.25, -0.2) is 0 Å². The van der Waals surface area contributed by atoms with E-state index in [0.717, 1.165) is 13.0 Å². The summed E-state index contributed by atoms with van der Waals surface area (Å²) in [5.41, 5.74) is 6.86. The van der Waals surface area contributed by atoms with Crippen LogP contribution in [0.1, 0.15) is 42.0 Å². The van der Waals surface area contributed by atoms with Crippen molar-refractivity contribution in [3.05, 3.63) is 70.8 Å². The number of nitrogens with zero attached hydrogens (tertiary/aromatic N) is 2. The van der Waals surface area contributed by atoms with Crippen molar-refractivity contribution in [2.75, 3.05) is 26.2 Å². The molecule has 2 aromatic rings. The summed E-state index contributed by atoms with van der Waals surface area (Å²) in [7, 11) is 0. The average Bonchev–Trinajstić information content (AvgIpc) is 3.32. The van der Waals surface area contributed by atoms with Crippen molar-refractivity contribution in [1.29, 1.82) is 0 Å². The van der Waals surface area contributed by atoms with Crippen molar-refractivity contribution in [3.8, 4) is 0 Å². The minimum atomic E-state index is 0.573. The molecule has 2 fully saturated rings. The first-order valence-electron chi connectivity index (χ1n) is 10.4. The average molecular weight is 348 g/mol. The number of aryl methyl sites for hydroxylation is 1. The summed E-state index contributed by atoms with van der Waals surface area (Å²) in [4.78, 5) is 2.74. The molecule has 0 radical (unpaired) electrons. The van der Waals surface area contributed by atoms with Gasteiger partial charge in [-0.3, -0.25) is 4.90 Å². The molecule has 3 aliphatic heterocycles. The van der Waals surface area contributed by atoms with Crippen LogP contribution in [-0.4, -0.2) is 35.6 Å². The summed E-state index contributed by atoms with van der Waals surface area (Å²) < 4.78 is 1.33. The summed E-state index contributed by atoms with van der Waals surface area (Å²) in [5.74, 6) is 0. The zero-order valence-electron chi connectivity index (χ0n) is 16.1. The van der Waals surface area contributed by atoms with Crippen molar-refractivity contribution in [2.24, 2.45) is 5.41 Å². The van der Waals surface area contributed by atoms with Crippen molar-refractivity contribution < 1.29 is 4.48 Å². The number of hydrogen-bond donors (Lipinski definition) is 0. The number of likely N-dealkylation sites (tertiary alicyclic amines) is 1. The van der Waals surface area contributed by atoms with Crippen molar-refractivity contribution >= 4 is 0 Å². The van der Waals surface area contributed by atoms with E-state index in [2.05, 4.69) is 60.4 Å². The van der Waals surface area contributed by atoms with Crippen LogP contribution in [0.3, 0.4) is 0 Å². The fourth-order valence-electron chi connectivity index (χ4n) is 6.05. The van der Waals surface area contributed by atoms with Gasteiger partial charge >= 0.3 is 0 Å². The largest absolute Gasteiger partial charge is 0.316 e.